The van der Waals surface area contributed by atoms with Crippen LogP contribution in [0.3, 0.4) is 0 Å². The molecule has 0 fully saturated rings. The second-order valence-corrected chi connectivity index (χ2v) is 4.06. The van der Waals surface area contributed by atoms with E-state index in [1.165, 1.54) is 18.1 Å². The molecule has 3 aromatic heterocycles. The van der Waals surface area contributed by atoms with Crippen molar-refractivity contribution in [3.05, 3.63) is 18.9 Å². The number of aromatic amines is 2. The lowest BCUT2D eigenvalue weighted by atomic mass is 10.6. The fraction of sp³-hybridized carbons (Fsp3) is 0. The molecule has 0 atom stereocenters. The van der Waals surface area contributed by atoms with Gasteiger partial charge >= 0.3 is 0 Å². The van der Waals surface area contributed by atoms with Crippen molar-refractivity contribution in [1.82, 2.24) is 30.1 Å². The van der Waals surface area contributed by atoms with Crippen LogP contribution in [0.15, 0.2) is 28.8 Å². The summed E-state index contributed by atoms with van der Waals surface area (Å²) in [4.78, 5) is 16.1. The van der Waals surface area contributed by atoms with Gasteiger partial charge in [0, 0.05) is 0 Å². The van der Waals surface area contributed by atoms with Crippen molar-refractivity contribution in [1.29, 1.82) is 0 Å². The van der Waals surface area contributed by atoms with Crippen LogP contribution in [-0.4, -0.2) is 30.1 Å². The van der Waals surface area contributed by atoms with Gasteiger partial charge in [-0.05, 0) is 0 Å². The number of nitrogen functional groups attached to an aromatic ring is 1. The van der Waals surface area contributed by atoms with Crippen molar-refractivity contribution < 1.29 is 0 Å². The summed E-state index contributed by atoms with van der Waals surface area (Å²) in [6, 6.07) is 0. The Morgan fingerprint density at radius 3 is 3.00 bits per heavy atom. The lowest BCUT2D eigenvalue weighted by Crippen LogP contribution is -1.88. The van der Waals surface area contributed by atoms with Gasteiger partial charge in [-0.25, -0.2) is 15.0 Å². The third kappa shape index (κ3) is 1.39. The first-order chi connectivity index (χ1) is 7.84. The first-order valence-electron chi connectivity index (χ1n) is 4.45. The molecule has 0 radical (unpaired) electrons. The first-order valence-corrected chi connectivity index (χ1v) is 5.27. The number of nitrogens with two attached hydrogens (primary N) is 1. The Balaban J connectivity index is 2.07. The summed E-state index contributed by atoms with van der Waals surface area (Å²) >= 11 is 1.41. The molecule has 3 rings (SSSR count). The lowest BCUT2D eigenvalue weighted by molar-refractivity contribution is 1.08. The minimum absolute atomic E-state index is 0.524. The van der Waals surface area contributed by atoms with E-state index in [2.05, 4.69) is 30.1 Å². The molecule has 80 valence electrons. The number of hydrogen-bond acceptors (Lipinski definition) is 6. The predicted octanol–water partition coefficient (Wildman–Crippen LogP) is 0.809. The van der Waals surface area contributed by atoms with E-state index in [9.17, 15) is 0 Å². The van der Waals surface area contributed by atoms with Gasteiger partial charge in [-0.2, -0.15) is 5.10 Å². The molecule has 8 heteroatoms. The van der Waals surface area contributed by atoms with Gasteiger partial charge in [0.05, 0.1) is 17.4 Å². The molecule has 0 bridgehead atoms. The number of hydrogen-bond donors (Lipinski definition) is 3. The molecule has 0 aliphatic rings. The Bertz CT molecular complexity index is 628. The summed E-state index contributed by atoms with van der Waals surface area (Å²) in [5.41, 5.74) is 7.14. The van der Waals surface area contributed by atoms with Gasteiger partial charge in [-0.3, -0.25) is 5.10 Å². The molecule has 4 N–H and O–H groups in total. The van der Waals surface area contributed by atoms with Crippen molar-refractivity contribution in [2.75, 3.05) is 5.73 Å². The van der Waals surface area contributed by atoms with E-state index in [4.69, 9.17) is 5.73 Å². The van der Waals surface area contributed by atoms with Gasteiger partial charge in [0.15, 0.2) is 5.65 Å². The van der Waals surface area contributed by atoms with Gasteiger partial charge in [-0.15, -0.1) is 0 Å². The number of nitrogens with one attached hydrogen (secondary N) is 2. The quantitative estimate of drug-likeness (QED) is 0.565. The monoisotopic (exact) mass is 233 g/mol. The van der Waals surface area contributed by atoms with E-state index in [-0.39, 0.29) is 0 Å². The van der Waals surface area contributed by atoms with Crippen molar-refractivity contribution in [2.45, 2.75) is 9.92 Å². The van der Waals surface area contributed by atoms with Crippen LogP contribution in [-0.2, 0) is 0 Å². The molecule has 16 heavy (non-hydrogen) atoms. The van der Waals surface area contributed by atoms with Crippen LogP contribution in [0.2, 0.25) is 0 Å². The maximum Gasteiger partial charge on any atom is 0.181 e. The van der Waals surface area contributed by atoms with Gasteiger partial charge < -0.3 is 10.7 Å². The molecule has 0 spiro atoms. The molecule has 0 saturated carbocycles. The second kappa shape index (κ2) is 3.49. The second-order valence-electron chi connectivity index (χ2n) is 3.03. The van der Waals surface area contributed by atoms with Crippen LogP contribution < -0.4 is 5.73 Å². The van der Waals surface area contributed by atoms with E-state index in [0.29, 0.717) is 11.5 Å². The number of H-pyrrole nitrogens is 2. The largest absolute Gasteiger partial charge is 0.383 e. The number of nitrogens with zero attached hydrogens (tertiary/aromatic N) is 4. The highest BCUT2D eigenvalue weighted by atomic mass is 32.2. The van der Waals surface area contributed by atoms with Crippen LogP contribution in [0.25, 0.3) is 11.2 Å². The summed E-state index contributed by atoms with van der Waals surface area (Å²) < 4.78 is 0. The Morgan fingerprint density at radius 2 is 2.19 bits per heavy atom. The minimum atomic E-state index is 0.524. The summed E-state index contributed by atoms with van der Waals surface area (Å²) in [6.45, 7) is 0. The number of rotatable bonds is 2. The summed E-state index contributed by atoms with van der Waals surface area (Å²) in [7, 11) is 0. The number of fused-ring (bicyclic) bond motifs is 1. The predicted molar refractivity (Wildman–Crippen MR) is 58.8 cm³/mol. The molecule has 0 amide bonds. The van der Waals surface area contributed by atoms with Gasteiger partial charge in [0.1, 0.15) is 22.7 Å². The Kier molecular flexibility index (Phi) is 2.00. The lowest BCUT2D eigenvalue weighted by Gasteiger charge is -1.98. The average Bonchev–Trinajstić information content (AvgIpc) is 2.89. The molecular weight excluding hydrogens is 226 g/mol. The first kappa shape index (κ1) is 9.16. The Morgan fingerprint density at radius 1 is 1.25 bits per heavy atom. The van der Waals surface area contributed by atoms with Crippen LogP contribution >= 0.6 is 11.8 Å². The zero-order valence-electron chi connectivity index (χ0n) is 8.01. The molecule has 0 saturated heterocycles. The maximum absolute atomic E-state index is 5.70. The van der Waals surface area contributed by atoms with Crippen LogP contribution in [0.1, 0.15) is 0 Å². The van der Waals surface area contributed by atoms with Crippen molar-refractivity contribution in [3.63, 3.8) is 0 Å². The van der Waals surface area contributed by atoms with Gasteiger partial charge in [0.25, 0.3) is 0 Å². The zero-order valence-corrected chi connectivity index (χ0v) is 8.82. The van der Waals surface area contributed by atoms with E-state index in [1.54, 1.807) is 12.5 Å². The Labute approximate surface area is 93.9 Å². The molecular formula is C8H7N7S. The maximum atomic E-state index is 5.70. The highest BCUT2D eigenvalue weighted by molar-refractivity contribution is 7.99. The van der Waals surface area contributed by atoms with Crippen molar-refractivity contribution in [2.24, 2.45) is 0 Å². The summed E-state index contributed by atoms with van der Waals surface area (Å²) in [5.74, 6) is 0.524. The number of anilines is 1. The standard InChI is InChI=1S/C8H7N7S/c9-6-4(1-14-15-6)16-8-5-7(11-2-10-5)12-3-13-8/h1-3H,(H3,9,14,15)(H,10,11,12,13). The third-order valence-corrected chi connectivity index (χ3v) is 3.08. The molecule has 7 nitrogen and oxygen atoms in total. The van der Waals surface area contributed by atoms with Crippen LogP contribution in [0.5, 0.6) is 0 Å². The molecule has 3 aromatic rings. The zero-order chi connectivity index (χ0) is 11.0. The van der Waals surface area contributed by atoms with E-state index in [1.807, 2.05) is 0 Å². The topological polar surface area (TPSA) is 109 Å². The molecule has 0 aliphatic heterocycles. The summed E-state index contributed by atoms with van der Waals surface area (Å²) in [6.07, 6.45) is 4.72. The SMILES string of the molecule is Nc1[nH]ncc1Sc1ncnc2nc[nH]c12. The molecule has 0 unspecified atom stereocenters. The normalized spacial score (nSPS) is 11.0. The highest BCUT2D eigenvalue weighted by Crippen LogP contribution is 2.31. The van der Waals surface area contributed by atoms with Crippen LogP contribution in [0.4, 0.5) is 5.82 Å². The third-order valence-electron chi connectivity index (χ3n) is 2.03. The number of imidazole rings is 1. The van der Waals surface area contributed by atoms with Crippen molar-refractivity contribution in [3.8, 4) is 0 Å². The number of aromatic nitrogens is 6. The Hall–Kier alpha value is -2.09. The smallest absolute Gasteiger partial charge is 0.181 e. The molecule has 0 aliphatic carbocycles. The molecule has 3 heterocycles. The summed E-state index contributed by atoms with van der Waals surface area (Å²) in [5, 5.41) is 7.29. The van der Waals surface area contributed by atoms with E-state index in [0.717, 1.165) is 15.4 Å². The van der Waals surface area contributed by atoms with Gasteiger partial charge in [0.2, 0.25) is 0 Å². The minimum Gasteiger partial charge on any atom is -0.383 e. The van der Waals surface area contributed by atoms with Crippen molar-refractivity contribution >= 4 is 28.7 Å². The highest BCUT2D eigenvalue weighted by Gasteiger charge is 2.10. The van der Waals surface area contributed by atoms with Gasteiger partial charge in [-0.1, -0.05) is 11.8 Å². The fourth-order valence-electron chi connectivity index (χ4n) is 1.29. The molecule has 0 aromatic carbocycles. The van der Waals surface area contributed by atoms with Crippen LogP contribution in [0, 0.1) is 0 Å². The average molecular weight is 233 g/mol. The fourth-order valence-corrected chi connectivity index (χ4v) is 2.11. The van der Waals surface area contributed by atoms with E-state index < -0.39 is 0 Å². The van der Waals surface area contributed by atoms with E-state index >= 15 is 0 Å².